The molecule has 0 saturated carbocycles. The Kier molecular flexibility index (Phi) is 4.72. The Morgan fingerprint density at radius 2 is 2.11 bits per heavy atom. The number of aliphatic hydroxyl groups excluding tert-OH is 1. The molecule has 1 aromatic rings. The molecule has 18 heavy (non-hydrogen) atoms. The first-order valence-electron chi connectivity index (χ1n) is 6.82. The molecule has 0 bridgehead atoms. The molecule has 0 aliphatic carbocycles. The normalized spacial score (nSPS) is 18.7. The molecule has 0 amide bonds. The number of nitrogens with zero attached hydrogens (tertiary/aromatic N) is 3. The monoisotopic (exact) mass is 253 g/mol. The van der Waals surface area contributed by atoms with E-state index in [1.165, 1.54) is 0 Å². The van der Waals surface area contributed by atoms with Gasteiger partial charge in [-0.05, 0) is 37.8 Å². The van der Waals surface area contributed by atoms with Crippen molar-refractivity contribution in [3.63, 3.8) is 0 Å². The van der Waals surface area contributed by atoms with Gasteiger partial charge in [0.15, 0.2) is 5.82 Å². The van der Waals surface area contributed by atoms with E-state index in [0.717, 1.165) is 50.6 Å². The minimum absolute atomic E-state index is 0.314. The van der Waals surface area contributed by atoms with Crippen molar-refractivity contribution < 1.29 is 9.63 Å². The molecule has 1 N–H and O–H groups in total. The lowest BCUT2D eigenvalue weighted by molar-refractivity contribution is 0.125. The van der Waals surface area contributed by atoms with Crippen molar-refractivity contribution in [2.24, 2.45) is 11.8 Å². The predicted octanol–water partition coefficient (Wildman–Crippen LogP) is 1.47. The van der Waals surface area contributed by atoms with Gasteiger partial charge in [0.2, 0.25) is 5.89 Å². The van der Waals surface area contributed by atoms with Crippen LogP contribution in [-0.4, -0.2) is 39.8 Å². The van der Waals surface area contributed by atoms with E-state index in [9.17, 15) is 0 Å². The van der Waals surface area contributed by atoms with Crippen molar-refractivity contribution in [1.82, 2.24) is 15.0 Å². The van der Waals surface area contributed by atoms with Crippen LogP contribution in [-0.2, 0) is 13.0 Å². The maximum absolute atomic E-state index is 9.10. The number of aromatic nitrogens is 2. The molecule has 1 aliphatic rings. The highest BCUT2D eigenvalue weighted by molar-refractivity contribution is 4.88. The highest BCUT2D eigenvalue weighted by Gasteiger charge is 2.20. The van der Waals surface area contributed by atoms with Crippen molar-refractivity contribution in [1.29, 1.82) is 0 Å². The molecule has 1 fully saturated rings. The molecule has 2 heterocycles. The molecular formula is C13H23N3O2. The van der Waals surface area contributed by atoms with Crippen molar-refractivity contribution in [2.45, 2.75) is 39.7 Å². The maximum Gasteiger partial charge on any atom is 0.226 e. The topological polar surface area (TPSA) is 62.4 Å². The molecule has 1 aromatic heterocycles. The van der Waals surface area contributed by atoms with Gasteiger partial charge in [0.1, 0.15) is 0 Å². The number of aliphatic hydroxyl groups is 1. The van der Waals surface area contributed by atoms with Crippen molar-refractivity contribution in [3.05, 3.63) is 11.7 Å². The summed E-state index contributed by atoms with van der Waals surface area (Å²) >= 11 is 0. The molecule has 0 aromatic carbocycles. The Hall–Kier alpha value is -0.940. The van der Waals surface area contributed by atoms with Gasteiger partial charge in [0.25, 0.3) is 0 Å². The largest absolute Gasteiger partial charge is 0.396 e. The van der Waals surface area contributed by atoms with Crippen LogP contribution in [0, 0.1) is 11.8 Å². The lowest BCUT2D eigenvalue weighted by Crippen LogP contribution is -2.34. The van der Waals surface area contributed by atoms with Crippen LogP contribution in [0.4, 0.5) is 0 Å². The fraction of sp³-hybridized carbons (Fsp3) is 0.846. The van der Waals surface area contributed by atoms with E-state index in [-0.39, 0.29) is 0 Å². The van der Waals surface area contributed by atoms with Gasteiger partial charge < -0.3 is 9.63 Å². The fourth-order valence-electron chi connectivity index (χ4n) is 2.31. The molecule has 5 heteroatoms. The number of hydrogen-bond acceptors (Lipinski definition) is 5. The molecule has 0 unspecified atom stereocenters. The third kappa shape index (κ3) is 3.78. The second-order valence-corrected chi connectivity index (χ2v) is 5.60. The molecule has 0 atom stereocenters. The van der Waals surface area contributed by atoms with Gasteiger partial charge in [0, 0.05) is 13.0 Å². The van der Waals surface area contributed by atoms with Crippen LogP contribution in [0.2, 0.25) is 0 Å². The highest BCUT2D eigenvalue weighted by atomic mass is 16.5. The van der Waals surface area contributed by atoms with Gasteiger partial charge in [-0.25, -0.2) is 0 Å². The predicted molar refractivity (Wildman–Crippen MR) is 67.9 cm³/mol. The second kappa shape index (κ2) is 6.29. The lowest BCUT2D eigenvalue weighted by atomic mass is 9.98. The van der Waals surface area contributed by atoms with E-state index in [4.69, 9.17) is 9.63 Å². The van der Waals surface area contributed by atoms with Crippen LogP contribution < -0.4 is 0 Å². The molecule has 0 radical (unpaired) electrons. The summed E-state index contributed by atoms with van der Waals surface area (Å²) in [6.45, 7) is 7.39. The third-order valence-corrected chi connectivity index (χ3v) is 3.42. The Balaban J connectivity index is 1.81. The number of piperidine rings is 1. The first kappa shape index (κ1) is 13.5. The van der Waals surface area contributed by atoms with Gasteiger partial charge in [-0.15, -0.1) is 0 Å². The Morgan fingerprint density at radius 3 is 2.72 bits per heavy atom. The molecule has 5 nitrogen and oxygen atoms in total. The van der Waals surface area contributed by atoms with Crippen LogP contribution in [0.3, 0.4) is 0 Å². The molecule has 0 spiro atoms. The molecule has 1 aliphatic heterocycles. The average Bonchev–Trinajstić information content (AvgIpc) is 2.76. The SMILES string of the molecule is CC(C)Cc1nc(CN2CCC(CO)CC2)no1. The summed E-state index contributed by atoms with van der Waals surface area (Å²) in [7, 11) is 0. The summed E-state index contributed by atoms with van der Waals surface area (Å²) in [5, 5.41) is 13.1. The molecule has 102 valence electrons. The zero-order valence-electron chi connectivity index (χ0n) is 11.3. The first-order valence-corrected chi connectivity index (χ1v) is 6.82. The summed E-state index contributed by atoms with van der Waals surface area (Å²) in [5.41, 5.74) is 0. The van der Waals surface area contributed by atoms with E-state index in [1.807, 2.05) is 0 Å². The fourth-order valence-corrected chi connectivity index (χ4v) is 2.31. The minimum atomic E-state index is 0.314. The summed E-state index contributed by atoms with van der Waals surface area (Å²) in [4.78, 5) is 6.74. The van der Waals surface area contributed by atoms with Crippen LogP contribution in [0.15, 0.2) is 4.52 Å². The van der Waals surface area contributed by atoms with Gasteiger partial charge in [-0.1, -0.05) is 19.0 Å². The average molecular weight is 253 g/mol. The number of hydrogen-bond donors (Lipinski definition) is 1. The van der Waals surface area contributed by atoms with Gasteiger partial charge >= 0.3 is 0 Å². The standard InChI is InChI=1S/C13H23N3O2/c1-10(2)7-13-14-12(15-18-13)8-16-5-3-11(9-17)4-6-16/h10-11,17H,3-9H2,1-2H3. The smallest absolute Gasteiger partial charge is 0.226 e. The molecule has 1 saturated heterocycles. The lowest BCUT2D eigenvalue weighted by Gasteiger charge is -2.29. The summed E-state index contributed by atoms with van der Waals surface area (Å²) in [6.07, 6.45) is 2.97. The summed E-state index contributed by atoms with van der Waals surface area (Å²) < 4.78 is 5.23. The minimum Gasteiger partial charge on any atom is -0.396 e. The number of rotatable bonds is 5. The summed E-state index contributed by atoms with van der Waals surface area (Å²) in [5.74, 6) is 2.54. The maximum atomic E-state index is 9.10. The van der Waals surface area contributed by atoms with Gasteiger partial charge in [-0.2, -0.15) is 4.98 Å². The number of likely N-dealkylation sites (tertiary alicyclic amines) is 1. The Morgan fingerprint density at radius 1 is 1.39 bits per heavy atom. The zero-order chi connectivity index (χ0) is 13.0. The zero-order valence-corrected chi connectivity index (χ0v) is 11.3. The van der Waals surface area contributed by atoms with Crippen LogP contribution in [0.1, 0.15) is 38.4 Å². The van der Waals surface area contributed by atoms with Gasteiger partial charge in [-0.3, -0.25) is 4.90 Å². The van der Waals surface area contributed by atoms with Crippen LogP contribution in [0.5, 0.6) is 0 Å². The quantitative estimate of drug-likeness (QED) is 0.861. The van der Waals surface area contributed by atoms with E-state index in [1.54, 1.807) is 0 Å². The van der Waals surface area contributed by atoms with Crippen molar-refractivity contribution in [3.8, 4) is 0 Å². The summed E-state index contributed by atoms with van der Waals surface area (Å²) in [6, 6.07) is 0. The third-order valence-electron chi connectivity index (χ3n) is 3.42. The van der Waals surface area contributed by atoms with Crippen LogP contribution >= 0.6 is 0 Å². The van der Waals surface area contributed by atoms with E-state index >= 15 is 0 Å². The van der Waals surface area contributed by atoms with E-state index in [0.29, 0.717) is 18.4 Å². The Bertz CT molecular complexity index is 357. The molecule has 2 rings (SSSR count). The Labute approximate surface area is 108 Å². The highest BCUT2D eigenvalue weighted by Crippen LogP contribution is 2.17. The van der Waals surface area contributed by atoms with Crippen molar-refractivity contribution >= 4 is 0 Å². The molecular weight excluding hydrogens is 230 g/mol. The first-order chi connectivity index (χ1) is 8.67. The van der Waals surface area contributed by atoms with E-state index < -0.39 is 0 Å². The van der Waals surface area contributed by atoms with Gasteiger partial charge in [0.05, 0.1) is 6.54 Å². The van der Waals surface area contributed by atoms with Crippen LogP contribution in [0.25, 0.3) is 0 Å². The second-order valence-electron chi connectivity index (χ2n) is 5.60. The van der Waals surface area contributed by atoms with E-state index in [2.05, 4.69) is 28.9 Å². The van der Waals surface area contributed by atoms with Crippen molar-refractivity contribution in [2.75, 3.05) is 19.7 Å².